The third kappa shape index (κ3) is 2.41. The molecule has 1 aliphatic heterocycles. The number of hydrogen-bond donors (Lipinski definition) is 1. The van der Waals surface area contributed by atoms with E-state index >= 15 is 0 Å². The van der Waals surface area contributed by atoms with Crippen molar-refractivity contribution in [2.45, 2.75) is 6.54 Å². The van der Waals surface area contributed by atoms with Gasteiger partial charge in [0.2, 0.25) is 17.6 Å². The molecule has 3 heterocycles. The van der Waals surface area contributed by atoms with Crippen molar-refractivity contribution >= 4 is 17.2 Å². The predicted octanol–water partition coefficient (Wildman–Crippen LogP) is 0.730. The lowest BCUT2D eigenvalue weighted by atomic mass is 10.3. The fourth-order valence-electron chi connectivity index (χ4n) is 1.84. The third-order valence-electron chi connectivity index (χ3n) is 2.69. The Morgan fingerprint density at radius 1 is 1.56 bits per heavy atom. The molecule has 6 nitrogen and oxygen atoms in total. The average molecular weight is 264 g/mol. The highest BCUT2D eigenvalue weighted by molar-refractivity contribution is 7.13. The van der Waals surface area contributed by atoms with Gasteiger partial charge in [0.05, 0.1) is 18.0 Å². The van der Waals surface area contributed by atoms with Gasteiger partial charge in [-0.3, -0.25) is 9.69 Å². The van der Waals surface area contributed by atoms with Crippen LogP contribution in [-0.4, -0.2) is 40.6 Å². The Balaban J connectivity index is 1.68. The molecule has 1 saturated heterocycles. The summed E-state index contributed by atoms with van der Waals surface area (Å²) in [5.41, 5.74) is 0. The van der Waals surface area contributed by atoms with Crippen molar-refractivity contribution in [2.75, 3.05) is 19.6 Å². The Kier molecular flexibility index (Phi) is 3.07. The standard InChI is InChI=1S/C11H12N4O2S/c16-9-6-15(4-3-12-9)7-10-13-11(14-17-10)8-2-1-5-18-8/h1-2,5H,3-4,6-7H2,(H,12,16). The molecule has 18 heavy (non-hydrogen) atoms. The van der Waals surface area contributed by atoms with E-state index in [4.69, 9.17) is 4.52 Å². The minimum atomic E-state index is 0.0410. The molecule has 1 amide bonds. The van der Waals surface area contributed by atoms with Gasteiger partial charge in [-0.1, -0.05) is 11.2 Å². The van der Waals surface area contributed by atoms with Crippen LogP contribution in [0.2, 0.25) is 0 Å². The quantitative estimate of drug-likeness (QED) is 0.885. The topological polar surface area (TPSA) is 71.3 Å². The fourth-order valence-corrected chi connectivity index (χ4v) is 2.49. The zero-order chi connectivity index (χ0) is 12.4. The van der Waals surface area contributed by atoms with Crippen LogP contribution in [0.3, 0.4) is 0 Å². The van der Waals surface area contributed by atoms with Crippen LogP contribution in [-0.2, 0) is 11.3 Å². The number of nitrogens with zero attached hydrogens (tertiary/aromatic N) is 3. The summed E-state index contributed by atoms with van der Waals surface area (Å²) in [6.45, 7) is 2.38. The van der Waals surface area contributed by atoms with E-state index in [-0.39, 0.29) is 5.91 Å². The molecule has 0 bridgehead atoms. The highest BCUT2D eigenvalue weighted by Crippen LogP contribution is 2.21. The number of carbonyl (C=O) groups excluding carboxylic acids is 1. The number of carbonyl (C=O) groups is 1. The Hall–Kier alpha value is -1.73. The minimum Gasteiger partial charge on any atom is -0.354 e. The molecule has 94 valence electrons. The third-order valence-corrected chi connectivity index (χ3v) is 3.55. The van der Waals surface area contributed by atoms with Gasteiger partial charge in [0, 0.05) is 13.1 Å². The number of amides is 1. The highest BCUT2D eigenvalue weighted by atomic mass is 32.1. The molecule has 0 radical (unpaired) electrons. The molecule has 0 unspecified atom stereocenters. The summed E-state index contributed by atoms with van der Waals surface area (Å²) in [4.78, 5) is 18.5. The molecule has 1 aliphatic rings. The summed E-state index contributed by atoms with van der Waals surface area (Å²) in [5, 5.41) is 8.69. The van der Waals surface area contributed by atoms with Gasteiger partial charge in [-0.05, 0) is 11.4 Å². The maximum Gasteiger partial charge on any atom is 0.241 e. The first-order valence-electron chi connectivity index (χ1n) is 5.67. The number of piperazine rings is 1. The first-order chi connectivity index (χ1) is 8.81. The van der Waals surface area contributed by atoms with Crippen LogP contribution in [0.1, 0.15) is 5.89 Å². The Morgan fingerprint density at radius 2 is 2.50 bits per heavy atom. The molecule has 3 rings (SSSR count). The van der Waals surface area contributed by atoms with Gasteiger partial charge >= 0.3 is 0 Å². The lowest BCUT2D eigenvalue weighted by molar-refractivity contribution is -0.124. The molecule has 0 atom stereocenters. The van der Waals surface area contributed by atoms with Crippen LogP contribution < -0.4 is 5.32 Å². The number of aromatic nitrogens is 2. The Labute approximate surface area is 108 Å². The van der Waals surface area contributed by atoms with Gasteiger partial charge in [0.1, 0.15) is 0 Å². The predicted molar refractivity (Wildman–Crippen MR) is 65.9 cm³/mol. The summed E-state index contributed by atoms with van der Waals surface area (Å²) < 4.78 is 5.20. The molecule has 2 aromatic rings. The largest absolute Gasteiger partial charge is 0.354 e. The van der Waals surface area contributed by atoms with Gasteiger partial charge in [-0.2, -0.15) is 4.98 Å². The van der Waals surface area contributed by atoms with Crippen molar-refractivity contribution in [3.63, 3.8) is 0 Å². The molecule has 1 N–H and O–H groups in total. The van der Waals surface area contributed by atoms with Crippen LogP contribution in [0.25, 0.3) is 10.7 Å². The zero-order valence-corrected chi connectivity index (χ0v) is 10.4. The smallest absolute Gasteiger partial charge is 0.241 e. The molecule has 0 spiro atoms. The van der Waals surface area contributed by atoms with E-state index in [2.05, 4.69) is 15.5 Å². The lowest BCUT2D eigenvalue weighted by Crippen LogP contribution is -2.47. The maximum absolute atomic E-state index is 11.2. The maximum atomic E-state index is 11.2. The molecule has 0 aromatic carbocycles. The second kappa shape index (κ2) is 4.87. The minimum absolute atomic E-state index is 0.0410. The van der Waals surface area contributed by atoms with E-state index < -0.39 is 0 Å². The number of hydrogen-bond acceptors (Lipinski definition) is 6. The first-order valence-corrected chi connectivity index (χ1v) is 6.55. The van der Waals surface area contributed by atoms with Crippen molar-refractivity contribution < 1.29 is 9.32 Å². The second-order valence-electron chi connectivity index (χ2n) is 4.05. The molecule has 7 heteroatoms. The Morgan fingerprint density at radius 3 is 3.28 bits per heavy atom. The van der Waals surface area contributed by atoms with Crippen LogP contribution >= 0.6 is 11.3 Å². The van der Waals surface area contributed by atoms with E-state index in [1.807, 2.05) is 22.4 Å². The molecular formula is C11H12N4O2S. The van der Waals surface area contributed by atoms with Gasteiger partial charge in [-0.15, -0.1) is 11.3 Å². The summed E-state index contributed by atoms with van der Waals surface area (Å²) >= 11 is 1.57. The van der Waals surface area contributed by atoms with Gasteiger partial charge in [0.15, 0.2) is 0 Å². The summed E-state index contributed by atoms with van der Waals surface area (Å²) in [5.74, 6) is 1.20. The second-order valence-corrected chi connectivity index (χ2v) is 5.00. The Bertz CT molecular complexity index is 537. The van der Waals surface area contributed by atoms with Crippen LogP contribution in [0.5, 0.6) is 0 Å². The van der Waals surface area contributed by atoms with Crippen molar-refractivity contribution in [2.24, 2.45) is 0 Å². The molecule has 0 aliphatic carbocycles. The molecule has 1 fully saturated rings. The SMILES string of the molecule is O=C1CN(Cc2nc(-c3cccs3)no2)CCN1. The van der Waals surface area contributed by atoms with E-state index in [0.717, 1.165) is 11.4 Å². The number of nitrogens with one attached hydrogen (secondary N) is 1. The normalized spacial score (nSPS) is 16.8. The fraction of sp³-hybridized carbons (Fsp3) is 0.364. The zero-order valence-electron chi connectivity index (χ0n) is 9.63. The average Bonchev–Trinajstić information content (AvgIpc) is 2.98. The van der Waals surface area contributed by atoms with Crippen molar-refractivity contribution in [1.82, 2.24) is 20.4 Å². The monoisotopic (exact) mass is 264 g/mol. The van der Waals surface area contributed by atoms with Gasteiger partial charge < -0.3 is 9.84 Å². The van der Waals surface area contributed by atoms with Gasteiger partial charge in [-0.25, -0.2) is 0 Å². The van der Waals surface area contributed by atoms with Crippen molar-refractivity contribution in [1.29, 1.82) is 0 Å². The molecular weight excluding hydrogens is 252 g/mol. The van der Waals surface area contributed by atoms with Crippen LogP contribution in [0.4, 0.5) is 0 Å². The highest BCUT2D eigenvalue weighted by Gasteiger charge is 2.19. The summed E-state index contributed by atoms with van der Waals surface area (Å²) in [6, 6.07) is 3.90. The van der Waals surface area contributed by atoms with Gasteiger partial charge in [0.25, 0.3) is 0 Å². The van der Waals surface area contributed by atoms with Crippen LogP contribution in [0.15, 0.2) is 22.0 Å². The number of thiophene rings is 1. The number of rotatable bonds is 3. The van der Waals surface area contributed by atoms with E-state index in [1.54, 1.807) is 11.3 Å². The van der Waals surface area contributed by atoms with E-state index in [9.17, 15) is 4.79 Å². The van der Waals surface area contributed by atoms with E-state index in [0.29, 0.717) is 31.3 Å². The van der Waals surface area contributed by atoms with Crippen LogP contribution in [0, 0.1) is 0 Å². The summed E-state index contributed by atoms with van der Waals surface area (Å²) in [7, 11) is 0. The summed E-state index contributed by atoms with van der Waals surface area (Å²) in [6.07, 6.45) is 0. The van der Waals surface area contributed by atoms with E-state index in [1.165, 1.54) is 0 Å². The van der Waals surface area contributed by atoms with Crippen molar-refractivity contribution in [3.05, 3.63) is 23.4 Å². The molecule has 2 aromatic heterocycles. The first kappa shape index (κ1) is 11.4. The van der Waals surface area contributed by atoms with Crippen molar-refractivity contribution in [3.8, 4) is 10.7 Å². The lowest BCUT2D eigenvalue weighted by Gasteiger charge is -2.24. The molecule has 0 saturated carbocycles.